The maximum atomic E-state index is 11.7. The van der Waals surface area contributed by atoms with Gasteiger partial charge in [0, 0.05) is 6.20 Å². The van der Waals surface area contributed by atoms with Crippen LogP contribution < -0.4 is 5.32 Å². The summed E-state index contributed by atoms with van der Waals surface area (Å²) in [4.78, 5) is 16.0. The fourth-order valence-corrected chi connectivity index (χ4v) is 2.06. The molecule has 2 aromatic rings. The molecule has 3 rings (SSSR count). The van der Waals surface area contributed by atoms with Crippen molar-refractivity contribution in [1.82, 2.24) is 9.55 Å². The Bertz CT molecular complexity index is 604. The lowest BCUT2D eigenvalue weighted by Gasteiger charge is -2.19. The first kappa shape index (κ1) is 10.8. The molecule has 0 fully saturated rings. The summed E-state index contributed by atoms with van der Waals surface area (Å²) in [6.07, 6.45) is 1.73. The molecule has 0 bridgehead atoms. The number of anilines is 1. The minimum absolute atomic E-state index is 0.352. The molecule has 1 aromatic heterocycles. The number of nitrogens with zero attached hydrogens (tertiary/aromatic N) is 2. The smallest absolute Gasteiger partial charge is 0.358 e. The van der Waals surface area contributed by atoms with Gasteiger partial charge in [-0.1, -0.05) is 12.1 Å². The van der Waals surface area contributed by atoms with Crippen LogP contribution in [0.15, 0.2) is 30.5 Å². The first-order valence-corrected chi connectivity index (χ1v) is 5.88. The number of benzene rings is 1. The van der Waals surface area contributed by atoms with E-state index >= 15 is 0 Å². The largest absolute Gasteiger partial charge is 0.461 e. The average molecular weight is 243 g/mol. The van der Waals surface area contributed by atoms with Gasteiger partial charge in [0.05, 0.1) is 24.5 Å². The molecule has 1 N–H and O–H groups in total. The number of esters is 1. The van der Waals surface area contributed by atoms with Crippen molar-refractivity contribution in [2.45, 2.75) is 13.5 Å². The molecule has 5 heteroatoms. The van der Waals surface area contributed by atoms with E-state index in [1.54, 1.807) is 13.1 Å². The summed E-state index contributed by atoms with van der Waals surface area (Å²) in [7, 11) is 0. The van der Waals surface area contributed by atoms with E-state index in [1.165, 1.54) is 0 Å². The summed E-state index contributed by atoms with van der Waals surface area (Å²) in [5, 5.41) is 3.27. The van der Waals surface area contributed by atoms with Crippen LogP contribution in [-0.2, 0) is 11.3 Å². The van der Waals surface area contributed by atoms with E-state index < -0.39 is 0 Å². The number of nitrogens with one attached hydrogen (secondary N) is 1. The van der Waals surface area contributed by atoms with Gasteiger partial charge in [0.15, 0.2) is 5.69 Å². The number of carbonyl (C=O) groups is 1. The molecule has 5 nitrogen and oxygen atoms in total. The van der Waals surface area contributed by atoms with Crippen LogP contribution in [0.1, 0.15) is 23.2 Å². The molecule has 2 heterocycles. The lowest BCUT2D eigenvalue weighted by molar-refractivity contribution is 0.0520. The van der Waals surface area contributed by atoms with E-state index in [2.05, 4.69) is 10.3 Å². The van der Waals surface area contributed by atoms with Crippen LogP contribution in [0.3, 0.4) is 0 Å². The third kappa shape index (κ3) is 1.64. The Kier molecular flexibility index (Phi) is 2.51. The topological polar surface area (TPSA) is 56.2 Å². The molecule has 0 spiro atoms. The zero-order chi connectivity index (χ0) is 12.5. The number of imidazole rings is 1. The van der Waals surface area contributed by atoms with Crippen LogP contribution in [0.4, 0.5) is 5.69 Å². The van der Waals surface area contributed by atoms with Crippen LogP contribution in [0.2, 0.25) is 0 Å². The van der Waals surface area contributed by atoms with Crippen molar-refractivity contribution < 1.29 is 9.53 Å². The lowest BCUT2D eigenvalue weighted by Crippen LogP contribution is -2.14. The van der Waals surface area contributed by atoms with Gasteiger partial charge in [-0.15, -0.1) is 0 Å². The summed E-state index contributed by atoms with van der Waals surface area (Å²) in [5.41, 5.74) is 2.39. The molecule has 0 saturated heterocycles. The monoisotopic (exact) mass is 243 g/mol. The standard InChI is InChI=1S/C13H13N3O2/c1-2-18-13(17)10-8-16-11-6-4-3-5-9(11)14-7-12(16)15-10/h3-6,8,14H,2,7H2,1H3. The Hall–Kier alpha value is -2.30. The average Bonchev–Trinajstić information content (AvgIpc) is 2.83. The van der Waals surface area contributed by atoms with Gasteiger partial charge in [0.25, 0.3) is 0 Å². The van der Waals surface area contributed by atoms with E-state index in [4.69, 9.17) is 4.74 Å². The minimum Gasteiger partial charge on any atom is -0.461 e. The van der Waals surface area contributed by atoms with Crippen molar-refractivity contribution in [2.24, 2.45) is 0 Å². The van der Waals surface area contributed by atoms with Crippen LogP contribution >= 0.6 is 0 Å². The lowest BCUT2D eigenvalue weighted by atomic mass is 10.2. The van der Waals surface area contributed by atoms with E-state index in [0.29, 0.717) is 18.8 Å². The van der Waals surface area contributed by atoms with E-state index in [-0.39, 0.29) is 5.97 Å². The second-order valence-corrected chi connectivity index (χ2v) is 4.00. The third-order valence-electron chi connectivity index (χ3n) is 2.86. The number of carbonyl (C=O) groups excluding carboxylic acids is 1. The van der Waals surface area contributed by atoms with Crippen molar-refractivity contribution in [2.75, 3.05) is 11.9 Å². The molecule has 1 aromatic carbocycles. The van der Waals surface area contributed by atoms with Gasteiger partial charge in [0.2, 0.25) is 0 Å². The number of aromatic nitrogens is 2. The molecular weight excluding hydrogens is 230 g/mol. The molecule has 0 radical (unpaired) electrons. The summed E-state index contributed by atoms with van der Waals surface area (Å²) >= 11 is 0. The van der Waals surface area contributed by atoms with Gasteiger partial charge in [0.1, 0.15) is 5.82 Å². The highest BCUT2D eigenvalue weighted by Crippen LogP contribution is 2.26. The number of para-hydroxylation sites is 2. The predicted molar refractivity (Wildman–Crippen MR) is 66.8 cm³/mol. The fraction of sp³-hybridized carbons (Fsp3) is 0.231. The second-order valence-electron chi connectivity index (χ2n) is 4.00. The summed E-state index contributed by atoms with van der Waals surface area (Å²) < 4.78 is 6.89. The van der Waals surface area contributed by atoms with Crippen LogP contribution in [0.5, 0.6) is 0 Å². The highest BCUT2D eigenvalue weighted by Gasteiger charge is 2.20. The molecule has 0 aliphatic carbocycles. The Morgan fingerprint density at radius 3 is 3.17 bits per heavy atom. The van der Waals surface area contributed by atoms with E-state index in [0.717, 1.165) is 17.2 Å². The van der Waals surface area contributed by atoms with Crippen molar-refractivity contribution in [3.05, 3.63) is 42.0 Å². The Morgan fingerprint density at radius 1 is 1.50 bits per heavy atom. The quantitative estimate of drug-likeness (QED) is 0.819. The van der Waals surface area contributed by atoms with Crippen molar-refractivity contribution >= 4 is 11.7 Å². The van der Waals surface area contributed by atoms with Gasteiger partial charge in [-0.05, 0) is 19.1 Å². The fourth-order valence-electron chi connectivity index (χ4n) is 2.06. The normalized spacial score (nSPS) is 12.3. The van der Waals surface area contributed by atoms with Gasteiger partial charge in [-0.2, -0.15) is 0 Å². The van der Waals surface area contributed by atoms with Gasteiger partial charge in [-0.3, -0.25) is 4.57 Å². The first-order chi connectivity index (χ1) is 8.79. The maximum absolute atomic E-state index is 11.7. The van der Waals surface area contributed by atoms with Gasteiger partial charge >= 0.3 is 5.97 Å². The molecule has 1 aliphatic rings. The molecule has 0 saturated carbocycles. The number of hydrogen-bond donors (Lipinski definition) is 1. The molecule has 0 amide bonds. The molecule has 92 valence electrons. The van der Waals surface area contributed by atoms with Crippen LogP contribution in [0, 0.1) is 0 Å². The summed E-state index contributed by atoms with van der Waals surface area (Å²) in [6, 6.07) is 7.92. The molecule has 18 heavy (non-hydrogen) atoms. The highest BCUT2D eigenvalue weighted by atomic mass is 16.5. The second kappa shape index (κ2) is 4.18. The Labute approximate surface area is 104 Å². The number of fused-ring (bicyclic) bond motifs is 3. The van der Waals surface area contributed by atoms with Gasteiger partial charge in [-0.25, -0.2) is 9.78 Å². The van der Waals surface area contributed by atoms with E-state index in [9.17, 15) is 4.79 Å². The predicted octanol–water partition coefficient (Wildman–Crippen LogP) is 1.97. The minimum atomic E-state index is -0.378. The molecular formula is C13H13N3O2. The van der Waals surface area contributed by atoms with Crippen LogP contribution in [0.25, 0.3) is 5.69 Å². The molecule has 0 unspecified atom stereocenters. The number of ether oxygens (including phenoxy) is 1. The van der Waals surface area contributed by atoms with Crippen molar-refractivity contribution in [3.8, 4) is 5.69 Å². The van der Waals surface area contributed by atoms with Gasteiger partial charge < -0.3 is 10.1 Å². The summed E-state index contributed by atoms with van der Waals surface area (Å²) in [6.45, 7) is 2.75. The van der Waals surface area contributed by atoms with Crippen molar-refractivity contribution in [3.63, 3.8) is 0 Å². The zero-order valence-electron chi connectivity index (χ0n) is 10.0. The Morgan fingerprint density at radius 2 is 2.33 bits per heavy atom. The maximum Gasteiger partial charge on any atom is 0.358 e. The van der Waals surface area contributed by atoms with E-state index in [1.807, 2.05) is 28.8 Å². The SMILES string of the molecule is CCOC(=O)c1cn2c(n1)CNc1ccccc1-2. The van der Waals surface area contributed by atoms with Crippen molar-refractivity contribution in [1.29, 1.82) is 0 Å². The highest BCUT2D eigenvalue weighted by molar-refractivity contribution is 5.87. The zero-order valence-corrected chi connectivity index (χ0v) is 10.0. The molecule has 0 atom stereocenters. The Balaban J connectivity index is 2.04. The van der Waals surface area contributed by atoms with Crippen LogP contribution in [-0.4, -0.2) is 22.1 Å². The third-order valence-corrected chi connectivity index (χ3v) is 2.86. The first-order valence-electron chi connectivity index (χ1n) is 5.88. The summed E-state index contributed by atoms with van der Waals surface area (Å²) in [5.74, 6) is 0.439. The number of hydrogen-bond acceptors (Lipinski definition) is 4. The number of rotatable bonds is 2. The molecule has 1 aliphatic heterocycles.